The number of aliphatic hydroxyl groups excluding tert-OH is 5. The van der Waals surface area contributed by atoms with Crippen molar-refractivity contribution in [2.75, 3.05) is 13.2 Å². The first-order valence-electron chi connectivity index (χ1n) is 25.6. The zero-order chi connectivity index (χ0) is 47.1. The number of phosphoric ester groups is 1. The average molecular weight is 933 g/mol. The molecule has 0 aliphatic heterocycles. The molecule has 0 spiro atoms. The molecule has 376 valence electrons. The van der Waals surface area contributed by atoms with Crippen LogP contribution in [0.5, 0.6) is 0 Å². The van der Waals surface area contributed by atoms with Crippen molar-refractivity contribution in [3.8, 4) is 0 Å². The van der Waals surface area contributed by atoms with E-state index >= 15 is 0 Å². The van der Waals surface area contributed by atoms with Gasteiger partial charge in [0.1, 0.15) is 43.2 Å². The molecule has 6 N–H and O–H groups in total. The van der Waals surface area contributed by atoms with Crippen molar-refractivity contribution in [3.63, 3.8) is 0 Å². The van der Waals surface area contributed by atoms with Crippen molar-refractivity contribution in [1.82, 2.24) is 0 Å². The first kappa shape index (κ1) is 60.3. The smallest absolute Gasteiger partial charge is 0.462 e. The van der Waals surface area contributed by atoms with E-state index in [1.165, 1.54) is 128 Å². The van der Waals surface area contributed by atoms with Gasteiger partial charge in [0.05, 0.1) is 6.61 Å². The maximum atomic E-state index is 12.8. The number of aliphatic hydroxyl groups is 5. The van der Waals surface area contributed by atoms with Crippen molar-refractivity contribution >= 4 is 19.8 Å². The van der Waals surface area contributed by atoms with E-state index in [9.17, 15) is 44.6 Å². The van der Waals surface area contributed by atoms with Crippen LogP contribution in [-0.4, -0.2) is 98.3 Å². The lowest BCUT2D eigenvalue weighted by atomic mass is 9.85. The van der Waals surface area contributed by atoms with Crippen LogP contribution in [0.2, 0.25) is 0 Å². The Labute approximate surface area is 387 Å². The maximum absolute atomic E-state index is 12.8. The number of hydrogen-bond donors (Lipinski definition) is 6. The van der Waals surface area contributed by atoms with Gasteiger partial charge in [-0.15, -0.1) is 0 Å². The van der Waals surface area contributed by atoms with Gasteiger partial charge in [0, 0.05) is 12.8 Å². The van der Waals surface area contributed by atoms with Crippen LogP contribution in [-0.2, 0) is 32.7 Å². The number of rotatable bonds is 43. The molecule has 0 aromatic rings. The van der Waals surface area contributed by atoms with Crippen LogP contribution in [0.1, 0.15) is 226 Å². The SMILES string of the molecule is CCCCC/C=C\C/C=C\CCCCCCCCCCCC(=O)O[C@H](COC(=O)CCCCCCCCCCCCCCCCCC)COP(=O)(O)OC1C(O)C(O)C(O)[C@@H](O)C1O. The third-order valence-electron chi connectivity index (χ3n) is 12.0. The van der Waals surface area contributed by atoms with Crippen molar-refractivity contribution in [2.24, 2.45) is 0 Å². The number of allylic oxidation sites excluding steroid dienone is 4. The number of ether oxygens (including phenoxy) is 2. The van der Waals surface area contributed by atoms with E-state index in [4.69, 9.17) is 18.5 Å². The van der Waals surface area contributed by atoms with E-state index in [1.807, 2.05) is 0 Å². The highest BCUT2D eigenvalue weighted by Gasteiger charge is 2.51. The molecule has 1 rings (SSSR count). The largest absolute Gasteiger partial charge is 0.472 e. The Bertz CT molecular complexity index is 1220. The number of carbonyl (C=O) groups excluding carboxylic acids is 2. The molecule has 0 saturated heterocycles. The molecule has 0 radical (unpaired) electrons. The third-order valence-corrected chi connectivity index (χ3v) is 13.0. The summed E-state index contributed by atoms with van der Waals surface area (Å²) in [5.74, 6) is -1.09. The molecule has 0 aromatic carbocycles. The molecule has 0 aromatic heterocycles. The second-order valence-corrected chi connectivity index (χ2v) is 19.4. The first-order valence-corrected chi connectivity index (χ1v) is 27.1. The van der Waals surface area contributed by atoms with Gasteiger partial charge in [-0.3, -0.25) is 18.6 Å². The first-order chi connectivity index (χ1) is 30.9. The minimum Gasteiger partial charge on any atom is -0.462 e. The number of hydrogen-bond acceptors (Lipinski definition) is 12. The van der Waals surface area contributed by atoms with Crippen LogP contribution in [0.4, 0.5) is 0 Å². The predicted octanol–water partition coefficient (Wildman–Crippen LogP) is 10.8. The molecule has 0 amide bonds. The van der Waals surface area contributed by atoms with Crippen LogP contribution in [0.15, 0.2) is 24.3 Å². The number of carbonyl (C=O) groups is 2. The van der Waals surface area contributed by atoms with Crippen LogP contribution >= 0.6 is 7.82 Å². The topological polar surface area (TPSA) is 210 Å². The van der Waals surface area contributed by atoms with Crippen molar-refractivity contribution in [1.29, 1.82) is 0 Å². The summed E-state index contributed by atoms with van der Waals surface area (Å²) in [7, 11) is -5.12. The van der Waals surface area contributed by atoms with Crippen LogP contribution < -0.4 is 0 Å². The Morgan fingerprint density at radius 1 is 0.484 bits per heavy atom. The monoisotopic (exact) mass is 933 g/mol. The highest BCUT2D eigenvalue weighted by Crippen LogP contribution is 2.47. The fraction of sp³-hybridized carbons (Fsp3) is 0.880. The summed E-state index contributed by atoms with van der Waals surface area (Å²) in [4.78, 5) is 35.8. The lowest BCUT2D eigenvalue weighted by Crippen LogP contribution is -2.64. The summed E-state index contributed by atoms with van der Waals surface area (Å²) >= 11 is 0. The summed E-state index contributed by atoms with van der Waals surface area (Å²) in [6.45, 7) is 3.30. The molecular formula is C50H93O13P. The second kappa shape index (κ2) is 40.4. The van der Waals surface area contributed by atoms with E-state index in [0.29, 0.717) is 12.8 Å². The Hall–Kier alpha value is -1.67. The lowest BCUT2D eigenvalue weighted by Gasteiger charge is -2.41. The summed E-state index contributed by atoms with van der Waals surface area (Å²) in [6, 6.07) is 0. The lowest BCUT2D eigenvalue weighted by molar-refractivity contribution is -0.220. The summed E-state index contributed by atoms with van der Waals surface area (Å²) in [5.41, 5.74) is 0. The van der Waals surface area contributed by atoms with Crippen LogP contribution in [0, 0.1) is 0 Å². The zero-order valence-electron chi connectivity index (χ0n) is 40.1. The molecular weight excluding hydrogens is 840 g/mol. The molecule has 1 saturated carbocycles. The molecule has 14 heteroatoms. The second-order valence-electron chi connectivity index (χ2n) is 18.0. The van der Waals surface area contributed by atoms with Gasteiger partial charge in [-0.05, 0) is 44.9 Å². The minimum absolute atomic E-state index is 0.0949. The highest BCUT2D eigenvalue weighted by molar-refractivity contribution is 7.47. The predicted molar refractivity (Wildman–Crippen MR) is 254 cm³/mol. The van der Waals surface area contributed by atoms with Gasteiger partial charge in [0.15, 0.2) is 6.10 Å². The van der Waals surface area contributed by atoms with E-state index in [1.54, 1.807) is 0 Å². The zero-order valence-corrected chi connectivity index (χ0v) is 41.0. The molecule has 8 atom stereocenters. The standard InChI is InChI=1S/C50H93O13P/c1-3-5-7-9-11-13-15-17-19-21-22-23-25-27-29-31-33-35-37-39-44(52)62-42(41-61-64(58,59)63-50-48(56)46(54)45(53)47(55)49(50)57)40-60-43(51)38-36-34-32-30-28-26-24-20-18-16-14-12-10-8-6-4-2/h11,13,17,19,42,45-50,53-57H,3-10,12,14-16,18,20-41H2,1-2H3,(H,58,59)/b13-11-,19-17-/t42-,45?,46-,47?,48?,49?,50?/m1/s1. The van der Waals surface area contributed by atoms with E-state index in [2.05, 4.69) is 38.2 Å². The van der Waals surface area contributed by atoms with Gasteiger partial charge < -0.3 is 39.9 Å². The normalized spacial score (nSPS) is 21.7. The third kappa shape index (κ3) is 32.1. The quantitative estimate of drug-likeness (QED) is 0.0146. The number of unbranched alkanes of at least 4 members (excludes halogenated alkanes) is 27. The van der Waals surface area contributed by atoms with Crippen LogP contribution in [0.3, 0.4) is 0 Å². The molecule has 0 heterocycles. The average Bonchev–Trinajstić information content (AvgIpc) is 3.28. The maximum Gasteiger partial charge on any atom is 0.472 e. The van der Waals surface area contributed by atoms with Gasteiger partial charge in [-0.25, -0.2) is 4.57 Å². The fourth-order valence-electron chi connectivity index (χ4n) is 7.91. The molecule has 13 nitrogen and oxygen atoms in total. The van der Waals surface area contributed by atoms with Gasteiger partial charge in [0.25, 0.3) is 0 Å². The Kier molecular flexibility index (Phi) is 38.1. The van der Waals surface area contributed by atoms with Gasteiger partial charge >= 0.3 is 19.8 Å². The fourth-order valence-corrected chi connectivity index (χ4v) is 8.88. The van der Waals surface area contributed by atoms with Crippen molar-refractivity contribution < 1.29 is 63.1 Å². The molecule has 0 bridgehead atoms. The van der Waals surface area contributed by atoms with Crippen molar-refractivity contribution in [2.45, 2.75) is 268 Å². The molecule has 1 aliphatic carbocycles. The van der Waals surface area contributed by atoms with Gasteiger partial charge in [-0.1, -0.05) is 192 Å². The summed E-state index contributed by atoms with van der Waals surface area (Å²) in [5, 5.41) is 50.2. The van der Waals surface area contributed by atoms with Gasteiger partial charge in [0.2, 0.25) is 0 Å². The van der Waals surface area contributed by atoms with E-state index in [0.717, 1.165) is 57.8 Å². The minimum atomic E-state index is -5.12. The highest BCUT2D eigenvalue weighted by atomic mass is 31.2. The van der Waals surface area contributed by atoms with E-state index < -0.39 is 75.7 Å². The Balaban J connectivity index is 2.40. The molecule has 1 aliphatic rings. The number of phosphoric acid groups is 1. The summed E-state index contributed by atoms with van der Waals surface area (Å²) in [6.07, 6.45) is 32.2. The molecule has 6 unspecified atom stereocenters. The summed E-state index contributed by atoms with van der Waals surface area (Å²) < 4.78 is 33.6. The van der Waals surface area contributed by atoms with E-state index in [-0.39, 0.29) is 12.8 Å². The Morgan fingerprint density at radius 2 is 0.844 bits per heavy atom. The Morgan fingerprint density at radius 3 is 1.30 bits per heavy atom. The molecule has 1 fully saturated rings. The van der Waals surface area contributed by atoms with Crippen LogP contribution in [0.25, 0.3) is 0 Å². The number of esters is 2. The van der Waals surface area contributed by atoms with Crippen molar-refractivity contribution in [3.05, 3.63) is 24.3 Å². The van der Waals surface area contributed by atoms with Gasteiger partial charge in [-0.2, -0.15) is 0 Å². The molecule has 64 heavy (non-hydrogen) atoms.